The van der Waals surface area contributed by atoms with Crippen LogP contribution >= 0.6 is 11.3 Å². The van der Waals surface area contributed by atoms with Crippen LogP contribution in [0.3, 0.4) is 0 Å². The summed E-state index contributed by atoms with van der Waals surface area (Å²) in [5.41, 5.74) is 1.90. The molecule has 0 bridgehead atoms. The van der Waals surface area contributed by atoms with Crippen molar-refractivity contribution in [1.82, 2.24) is 9.88 Å². The van der Waals surface area contributed by atoms with Crippen molar-refractivity contribution in [1.29, 1.82) is 0 Å². The van der Waals surface area contributed by atoms with Crippen molar-refractivity contribution in [2.45, 2.75) is 6.54 Å². The molecule has 1 aromatic carbocycles. The topological polar surface area (TPSA) is 80.8 Å². The minimum absolute atomic E-state index is 0.162. The molecule has 0 unspecified atom stereocenters. The number of aromatic nitrogens is 1. The van der Waals surface area contributed by atoms with Crippen molar-refractivity contribution in [2.24, 2.45) is 0 Å². The number of hydrogen-bond acceptors (Lipinski definition) is 7. The first-order chi connectivity index (χ1) is 14.6. The average molecular weight is 421 g/mol. The fraction of sp³-hybridized carbons (Fsp3) is 0.136. The van der Waals surface area contributed by atoms with Crippen molar-refractivity contribution < 1.29 is 19.1 Å². The van der Waals surface area contributed by atoms with Crippen LogP contribution in [-0.2, 0) is 16.1 Å². The Morgan fingerprint density at radius 3 is 2.50 bits per heavy atom. The third-order valence-corrected chi connectivity index (χ3v) is 5.58. The number of imide groups is 1. The predicted molar refractivity (Wildman–Crippen MR) is 114 cm³/mol. The van der Waals surface area contributed by atoms with E-state index in [2.05, 4.69) is 10.3 Å². The lowest BCUT2D eigenvalue weighted by molar-refractivity contribution is -0.137. The summed E-state index contributed by atoms with van der Waals surface area (Å²) in [6.07, 6.45) is 3.27. The minimum atomic E-state index is -0.398. The Morgan fingerprint density at radius 2 is 1.83 bits per heavy atom. The van der Waals surface area contributed by atoms with Crippen LogP contribution < -0.4 is 14.8 Å². The van der Waals surface area contributed by atoms with Crippen LogP contribution in [-0.4, -0.2) is 35.9 Å². The number of ether oxygens (including phenoxy) is 2. The van der Waals surface area contributed by atoms with Gasteiger partial charge in [0.05, 0.1) is 32.0 Å². The molecular weight excluding hydrogens is 402 g/mol. The maximum atomic E-state index is 13.3. The standard InChI is InChI=1S/C22H19N3O4S/c1-28-15-5-6-17(29-2)16(12-15)24-20-19(18-4-3-11-30-18)21(26)25(22(20)27)13-14-7-9-23-10-8-14/h3-12,24H,13H2,1-2H3. The van der Waals surface area contributed by atoms with Gasteiger partial charge in [-0.15, -0.1) is 11.3 Å². The molecule has 30 heavy (non-hydrogen) atoms. The third-order valence-electron chi connectivity index (χ3n) is 4.69. The molecule has 3 aromatic rings. The number of nitrogens with one attached hydrogen (secondary N) is 1. The molecule has 1 N–H and O–H groups in total. The number of hydrogen-bond donors (Lipinski definition) is 1. The molecular formula is C22H19N3O4S. The summed E-state index contributed by atoms with van der Waals surface area (Å²) in [6, 6.07) is 12.5. The number of nitrogens with zero attached hydrogens (tertiary/aromatic N) is 2. The number of methoxy groups -OCH3 is 2. The van der Waals surface area contributed by atoms with Gasteiger partial charge < -0.3 is 14.8 Å². The summed E-state index contributed by atoms with van der Waals surface area (Å²) < 4.78 is 10.7. The predicted octanol–water partition coefficient (Wildman–Crippen LogP) is 3.55. The second-order valence-corrected chi connectivity index (χ2v) is 7.42. The monoisotopic (exact) mass is 421 g/mol. The molecule has 1 aliphatic heterocycles. The van der Waals surface area contributed by atoms with Gasteiger partial charge in [0.25, 0.3) is 11.8 Å². The Balaban J connectivity index is 1.75. The fourth-order valence-corrected chi connectivity index (χ4v) is 3.97. The van der Waals surface area contributed by atoms with Crippen LogP contribution in [0.4, 0.5) is 5.69 Å². The molecule has 4 rings (SSSR count). The Labute approximate surface area is 177 Å². The van der Waals surface area contributed by atoms with E-state index in [1.807, 2.05) is 17.5 Å². The zero-order valence-corrected chi connectivity index (χ0v) is 17.2. The van der Waals surface area contributed by atoms with Gasteiger partial charge in [0.1, 0.15) is 17.2 Å². The highest BCUT2D eigenvalue weighted by molar-refractivity contribution is 7.11. The molecule has 0 radical (unpaired) electrons. The van der Waals surface area contributed by atoms with Crippen LogP contribution in [0.15, 0.2) is 65.9 Å². The van der Waals surface area contributed by atoms with Gasteiger partial charge in [-0.2, -0.15) is 0 Å². The molecule has 7 nitrogen and oxygen atoms in total. The number of anilines is 1. The number of thiophene rings is 1. The number of carbonyl (C=O) groups excluding carboxylic acids is 2. The molecule has 2 amide bonds. The Bertz CT molecular complexity index is 1110. The summed E-state index contributed by atoms with van der Waals surface area (Å²) >= 11 is 1.40. The molecule has 0 spiro atoms. The molecule has 8 heteroatoms. The summed E-state index contributed by atoms with van der Waals surface area (Å²) in [5, 5.41) is 5.00. The molecule has 0 saturated carbocycles. The Morgan fingerprint density at radius 1 is 1.03 bits per heavy atom. The molecule has 152 valence electrons. The fourth-order valence-electron chi connectivity index (χ4n) is 3.20. The van der Waals surface area contributed by atoms with E-state index in [1.165, 1.54) is 16.2 Å². The molecule has 1 aliphatic rings. The van der Waals surface area contributed by atoms with Crippen LogP contribution in [0.2, 0.25) is 0 Å². The lowest BCUT2D eigenvalue weighted by atomic mass is 10.1. The van der Waals surface area contributed by atoms with Crippen molar-refractivity contribution in [3.05, 3.63) is 76.4 Å². The molecule has 0 aliphatic carbocycles. The van der Waals surface area contributed by atoms with E-state index >= 15 is 0 Å². The first-order valence-corrected chi connectivity index (χ1v) is 10.0. The van der Waals surface area contributed by atoms with E-state index in [-0.39, 0.29) is 18.1 Å². The minimum Gasteiger partial charge on any atom is -0.497 e. The maximum absolute atomic E-state index is 13.3. The Kier molecular flexibility index (Phi) is 5.49. The van der Waals surface area contributed by atoms with E-state index in [0.717, 1.165) is 10.4 Å². The summed E-state index contributed by atoms with van der Waals surface area (Å²) in [5.74, 6) is 0.386. The zero-order valence-electron chi connectivity index (χ0n) is 16.4. The van der Waals surface area contributed by atoms with Gasteiger partial charge in [0, 0.05) is 23.3 Å². The normalized spacial score (nSPS) is 13.7. The van der Waals surface area contributed by atoms with Gasteiger partial charge in [0.2, 0.25) is 0 Å². The second-order valence-electron chi connectivity index (χ2n) is 6.47. The van der Waals surface area contributed by atoms with Crippen LogP contribution in [0.25, 0.3) is 5.57 Å². The van der Waals surface area contributed by atoms with Gasteiger partial charge in [-0.25, -0.2) is 0 Å². The van der Waals surface area contributed by atoms with Crippen molar-refractivity contribution in [3.8, 4) is 11.5 Å². The maximum Gasteiger partial charge on any atom is 0.278 e. The van der Waals surface area contributed by atoms with Crippen LogP contribution in [0.5, 0.6) is 11.5 Å². The molecule has 0 saturated heterocycles. The zero-order chi connectivity index (χ0) is 21.1. The quantitative estimate of drug-likeness (QED) is 0.588. The average Bonchev–Trinajstić information content (AvgIpc) is 3.37. The van der Waals surface area contributed by atoms with E-state index in [4.69, 9.17) is 9.47 Å². The van der Waals surface area contributed by atoms with Gasteiger partial charge in [-0.3, -0.25) is 19.5 Å². The largest absolute Gasteiger partial charge is 0.497 e. The summed E-state index contributed by atoms with van der Waals surface area (Å²) in [7, 11) is 3.10. The van der Waals surface area contributed by atoms with E-state index in [1.54, 1.807) is 56.9 Å². The third kappa shape index (κ3) is 3.65. The van der Waals surface area contributed by atoms with E-state index in [9.17, 15) is 9.59 Å². The number of amides is 2. The molecule has 2 aromatic heterocycles. The smallest absolute Gasteiger partial charge is 0.278 e. The van der Waals surface area contributed by atoms with Crippen molar-refractivity contribution in [2.75, 3.05) is 19.5 Å². The van der Waals surface area contributed by atoms with Gasteiger partial charge in [0.15, 0.2) is 0 Å². The number of carbonyl (C=O) groups is 2. The lowest BCUT2D eigenvalue weighted by Gasteiger charge is -2.16. The summed E-state index contributed by atoms with van der Waals surface area (Å²) in [4.78, 5) is 32.5. The number of rotatable bonds is 7. The van der Waals surface area contributed by atoms with Crippen molar-refractivity contribution >= 4 is 34.4 Å². The molecule has 0 atom stereocenters. The second kappa shape index (κ2) is 8.38. The van der Waals surface area contributed by atoms with Crippen LogP contribution in [0.1, 0.15) is 10.4 Å². The van der Waals surface area contributed by atoms with Crippen molar-refractivity contribution in [3.63, 3.8) is 0 Å². The highest BCUT2D eigenvalue weighted by Crippen LogP contribution is 2.36. The first-order valence-electron chi connectivity index (χ1n) is 9.14. The Hall–Kier alpha value is -3.65. The summed E-state index contributed by atoms with van der Waals surface area (Å²) in [6.45, 7) is 0.162. The molecule has 3 heterocycles. The SMILES string of the molecule is COc1ccc(OC)c(NC2=C(c3cccs3)C(=O)N(Cc3ccncc3)C2=O)c1. The van der Waals surface area contributed by atoms with E-state index in [0.29, 0.717) is 22.8 Å². The van der Waals surface area contributed by atoms with Gasteiger partial charge in [-0.1, -0.05) is 6.07 Å². The van der Waals surface area contributed by atoms with Gasteiger partial charge in [-0.05, 0) is 41.3 Å². The number of benzene rings is 1. The first kappa shape index (κ1) is 19.7. The lowest BCUT2D eigenvalue weighted by Crippen LogP contribution is -2.32. The highest BCUT2D eigenvalue weighted by Gasteiger charge is 2.40. The molecule has 0 fully saturated rings. The highest BCUT2D eigenvalue weighted by atomic mass is 32.1. The van der Waals surface area contributed by atoms with Crippen LogP contribution in [0, 0.1) is 0 Å². The van der Waals surface area contributed by atoms with E-state index < -0.39 is 5.91 Å². The number of pyridine rings is 1. The van der Waals surface area contributed by atoms with Gasteiger partial charge >= 0.3 is 0 Å².